The number of rotatable bonds is 5. The number of allylic oxidation sites excluding steroid dienone is 1. The number of nitrogens with zero attached hydrogens (tertiary/aromatic N) is 2. The van der Waals surface area contributed by atoms with E-state index in [4.69, 9.17) is 4.74 Å². The number of pyridine rings is 1. The molecule has 1 amide bonds. The van der Waals surface area contributed by atoms with Crippen molar-refractivity contribution in [2.75, 3.05) is 23.3 Å². The summed E-state index contributed by atoms with van der Waals surface area (Å²) < 4.78 is 5.77. The molecule has 4 rings (SSSR count). The van der Waals surface area contributed by atoms with Crippen molar-refractivity contribution in [3.8, 4) is 0 Å². The maximum atomic E-state index is 12.3. The number of anilines is 2. The van der Waals surface area contributed by atoms with E-state index in [1.807, 2.05) is 18.2 Å². The zero-order valence-electron chi connectivity index (χ0n) is 15.1. The largest absolute Gasteiger partial charge is 0.372 e. The molecule has 134 valence electrons. The highest BCUT2D eigenvalue weighted by Crippen LogP contribution is 2.48. The highest BCUT2D eigenvalue weighted by atomic mass is 16.5. The Morgan fingerprint density at radius 3 is 2.32 bits per heavy atom. The smallest absolute Gasteiger partial charge is 0.248 e. The zero-order chi connectivity index (χ0) is 17.4. The predicted molar refractivity (Wildman–Crippen MR) is 98.6 cm³/mol. The average molecular weight is 341 g/mol. The van der Waals surface area contributed by atoms with Crippen LogP contribution in [-0.4, -0.2) is 36.2 Å². The van der Waals surface area contributed by atoms with Crippen LogP contribution in [0.15, 0.2) is 30.0 Å². The third-order valence-electron chi connectivity index (χ3n) is 5.15. The fourth-order valence-electron chi connectivity index (χ4n) is 3.74. The van der Waals surface area contributed by atoms with Gasteiger partial charge in [0, 0.05) is 19.2 Å². The van der Waals surface area contributed by atoms with Gasteiger partial charge in [0.1, 0.15) is 5.82 Å². The second-order valence-corrected chi connectivity index (χ2v) is 7.75. The van der Waals surface area contributed by atoms with E-state index in [1.165, 1.54) is 31.3 Å². The summed E-state index contributed by atoms with van der Waals surface area (Å²) in [5, 5.41) is 2.96. The molecule has 1 N–H and O–H groups in total. The summed E-state index contributed by atoms with van der Waals surface area (Å²) in [7, 11) is 0. The van der Waals surface area contributed by atoms with Crippen LogP contribution in [-0.2, 0) is 9.53 Å². The van der Waals surface area contributed by atoms with E-state index < -0.39 is 0 Å². The van der Waals surface area contributed by atoms with Gasteiger partial charge in [-0.2, -0.15) is 0 Å². The summed E-state index contributed by atoms with van der Waals surface area (Å²) >= 11 is 0. The van der Waals surface area contributed by atoms with Crippen molar-refractivity contribution >= 4 is 17.4 Å². The molecule has 5 nitrogen and oxygen atoms in total. The van der Waals surface area contributed by atoms with Crippen LogP contribution in [0.25, 0.3) is 0 Å². The van der Waals surface area contributed by atoms with Gasteiger partial charge in [-0.3, -0.25) is 4.79 Å². The van der Waals surface area contributed by atoms with Crippen molar-refractivity contribution in [3.63, 3.8) is 0 Å². The Labute approximate surface area is 149 Å². The molecule has 25 heavy (non-hydrogen) atoms. The monoisotopic (exact) mass is 341 g/mol. The lowest BCUT2D eigenvalue weighted by molar-refractivity contribution is -0.112. The van der Waals surface area contributed by atoms with Crippen molar-refractivity contribution in [2.24, 2.45) is 11.8 Å². The molecule has 1 saturated heterocycles. The summed E-state index contributed by atoms with van der Waals surface area (Å²) in [6, 6.07) is 3.92. The van der Waals surface area contributed by atoms with Gasteiger partial charge in [0.2, 0.25) is 5.91 Å². The molecule has 1 aromatic rings. The molecular weight excluding hydrogens is 314 g/mol. The van der Waals surface area contributed by atoms with Crippen molar-refractivity contribution in [1.29, 1.82) is 0 Å². The van der Waals surface area contributed by atoms with Crippen LogP contribution in [0, 0.1) is 11.8 Å². The van der Waals surface area contributed by atoms with Crippen LogP contribution in [0.2, 0.25) is 0 Å². The molecule has 0 unspecified atom stereocenters. The van der Waals surface area contributed by atoms with Gasteiger partial charge in [0.25, 0.3) is 0 Å². The minimum Gasteiger partial charge on any atom is -0.372 e. The second kappa shape index (κ2) is 6.79. The lowest BCUT2D eigenvalue weighted by atomic mass is 10.1. The maximum absolute atomic E-state index is 12.3. The van der Waals surface area contributed by atoms with E-state index in [-0.39, 0.29) is 18.1 Å². The molecule has 2 aliphatic carbocycles. The van der Waals surface area contributed by atoms with Crippen LogP contribution in [0.4, 0.5) is 11.5 Å². The minimum atomic E-state index is -0.0167. The van der Waals surface area contributed by atoms with Gasteiger partial charge in [-0.15, -0.1) is 0 Å². The summed E-state index contributed by atoms with van der Waals surface area (Å²) in [6.07, 6.45) is 9.01. The fourth-order valence-corrected chi connectivity index (χ4v) is 3.74. The average Bonchev–Trinajstić information content (AvgIpc) is 3.46. The van der Waals surface area contributed by atoms with Gasteiger partial charge in [0.15, 0.2) is 0 Å². The van der Waals surface area contributed by atoms with Crippen LogP contribution in [0.3, 0.4) is 0 Å². The number of carbonyl (C=O) groups excluding carboxylic acids is 1. The molecule has 2 heterocycles. The van der Waals surface area contributed by atoms with Gasteiger partial charge in [-0.05, 0) is 63.5 Å². The van der Waals surface area contributed by atoms with Gasteiger partial charge in [-0.1, -0.05) is 5.57 Å². The van der Waals surface area contributed by atoms with E-state index >= 15 is 0 Å². The second-order valence-electron chi connectivity index (χ2n) is 7.75. The van der Waals surface area contributed by atoms with E-state index in [1.54, 1.807) is 6.20 Å². The first-order valence-corrected chi connectivity index (χ1v) is 9.47. The molecule has 2 saturated carbocycles. The van der Waals surface area contributed by atoms with Gasteiger partial charge in [-0.25, -0.2) is 4.98 Å². The van der Waals surface area contributed by atoms with Gasteiger partial charge in [0.05, 0.1) is 24.1 Å². The Bertz CT molecular complexity index is 638. The molecule has 3 fully saturated rings. The van der Waals surface area contributed by atoms with Crippen molar-refractivity contribution in [1.82, 2.24) is 4.98 Å². The topological polar surface area (TPSA) is 54.5 Å². The van der Waals surface area contributed by atoms with Gasteiger partial charge < -0.3 is 15.0 Å². The molecule has 2 atom stereocenters. The van der Waals surface area contributed by atoms with Crippen molar-refractivity contribution < 1.29 is 9.53 Å². The summed E-state index contributed by atoms with van der Waals surface area (Å²) in [5.41, 5.74) is 2.13. The molecule has 0 bridgehead atoms. The number of morpholine rings is 1. The van der Waals surface area contributed by atoms with E-state index in [0.717, 1.165) is 24.6 Å². The SMILES string of the molecule is C[C@@H]1CN(c2ccc(NC(=O)C=C(C3CC3)C3CC3)cn2)C[C@H](C)O1. The predicted octanol–water partition coefficient (Wildman–Crippen LogP) is 3.38. The summed E-state index contributed by atoms with van der Waals surface area (Å²) in [4.78, 5) is 19.1. The van der Waals surface area contributed by atoms with Crippen molar-refractivity contribution in [3.05, 3.63) is 30.0 Å². The normalized spacial score (nSPS) is 26.2. The lowest BCUT2D eigenvalue weighted by Gasteiger charge is -2.36. The summed E-state index contributed by atoms with van der Waals surface area (Å²) in [6.45, 7) is 5.86. The first kappa shape index (κ1) is 16.6. The Morgan fingerprint density at radius 1 is 1.16 bits per heavy atom. The molecular formula is C20H27N3O2. The van der Waals surface area contributed by atoms with E-state index in [2.05, 4.69) is 29.0 Å². The number of hydrogen-bond acceptors (Lipinski definition) is 4. The lowest BCUT2D eigenvalue weighted by Crippen LogP contribution is -2.45. The molecule has 0 spiro atoms. The van der Waals surface area contributed by atoms with Crippen LogP contribution in [0.1, 0.15) is 39.5 Å². The fraction of sp³-hybridized carbons (Fsp3) is 0.600. The standard InChI is InChI=1S/C20H27N3O2/c1-13-11-23(12-14(2)25-13)19-8-7-17(10-21-19)22-20(24)9-18(15-3-4-15)16-5-6-16/h7-10,13-16H,3-6,11-12H2,1-2H3,(H,22,24)/t13-,14+. The Kier molecular flexibility index (Phi) is 4.50. The minimum absolute atomic E-state index is 0.0167. The Hall–Kier alpha value is -1.88. The number of carbonyl (C=O) groups is 1. The quantitative estimate of drug-likeness (QED) is 0.834. The molecule has 5 heteroatoms. The van der Waals surface area contributed by atoms with Crippen LogP contribution < -0.4 is 10.2 Å². The molecule has 3 aliphatic rings. The van der Waals surface area contributed by atoms with Crippen LogP contribution >= 0.6 is 0 Å². The third-order valence-corrected chi connectivity index (χ3v) is 5.15. The third kappa shape index (κ3) is 4.21. The van der Waals surface area contributed by atoms with Gasteiger partial charge >= 0.3 is 0 Å². The van der Waals surface area contributed by atoms with E-state index in [9.17, 15) is 4.79 Å². The highest BCUT2D eigenvalue weighted by molar-refractivity contribution is 5.99. The zero-order valence-corrected chi connectivity index (χ0v) is 15.1. The maximum Gasteiger partial charge on any atom is 0.248 e. The van der Waals surface area contributed by atoms with E-state index in [0.29, 0.717) is 11.8 Å². The first-order chi connectivity index (χ1) is 12.1. The van der Waals surface area contributed by atoms with Crippen LogP contribution in [0.5, 0.6) is 0 Å². The number of nitrogens with one attached hydrogen (secondary N) is 1. The highest BCUT2D eigenvalue weighted by Gasteiger charge is 2.36. The molecule has 1 aromatic heterocycles. The number of hydrogen-bond donors (Lipinski definition) is 1. The molecule has 0 radical (unpaired) electrons. The first-order valence-electron chi connectivity index (χ1n) is 9.47. The summed E-state index contributed by atoms with van der Waals surface area (Å²) in [5.74, 6) is 2.26. The molecule has 0 aromatic carbocycles. The Balaban J connectivity index is 1.38. The number of ether oxygens (including phenoxy) is 1. The molecule has 1 aliphatic heterocycles. The number of aromatic nitrogens is 1. The number of amides is 1. The van der Waals surface area contributed by atoms with Crippen molar-refractivity contribution in [2.45, 2.75) is 51.7 Å². The Morgan fingerprint density at radius 2 is 1.80 bits per heavy atom.